The molecule has 4 heteroatoms. The second-order valence-electron chi connectivity index (χ2n) is 2.63. The van der Waals surface area contributed by atoms with Crippen LogP contribution in [0.3, 0.4) is 0 Å². The second kappa shape index (κ2) is 4.87. The van der Waals surface area contributed by atoms with Crippen LogP contribution in [0.25, 0.3) is 6.08 Å². The summed E-state index contributed by atoms with van der Waals surface area (Å²) in [6, 6.07) is 0. The van der Waals surface area contributed by atoms with Crippen LogP contribution in [0.1, 0.15) is 12.6 Å². The Hall–Kier alpha value is -1.03. The zero-order valence-electron chi connectivity index (χ0n) is 7.73. The van der Waals surface area contributed by atoms with Crippen molar-refractivity contribution in [3.63, 3.8) is 0 Å². The van der Waals surface area contributed by atoms with Gasteiger partial charge in [-0.15, -0.1) is 0 Å². The second-order valence-corrected chi connectivity index (χ2v) is 3.83. The Morgan fingerprint density at radius 1 is 1.77 bits per heavy atom. The van der Waals surface area contributed by atoms with E-state index in [1.54, 1.807) is 19.4 Å². The van der Waals surface area contributed by atoms with Gasteiger partial charge in [-0.3, -0.25) is 4.79 Å². The summed E-state index contributed by atoms with van der Waals surface area (Å²) in [6.45, 7) is 1.57. The van der Waals surface area contributed by atoms with E-state index in [-0.39, 0.29) is 5.12 Å². The van der Waals surface area contributed by atoms with Crippen molar-refractivity contribution >= 4 is 23.0 Å². The number of aryl methyl sites for hydroxylation is 1. The molecule has 0 aliphatic heterocycles. The Morgan fingerprint density at radius 3 is 3.08 bits per heavy atom. The molecule has 0 N–H and O–H groups in total. The quantitative estimate of drug-likeness (QED) is 0.738. The van der Waals surface area contributed by atoms with Crippen molar-refractivity contribution in [2.45, 2.75) is 6.92 Å². The summed E-state index contributed by atoms with van der Waals surface area (Å²) in [5.41, 5.74) is 1.05. The third-order valence-corrected chi connectivity index (χ3v) is 2.29. The first kappa shape index (κ1) is 10.1. The van der Waals surface area contributed by atoms with Crippen molar-refractivity contribution in [2.24, 2.45) is 7.05 Å². The molecule has 1 aromatic heterocycles. The van der Waals surface area contributed by atoms with Crippen molar-refractivity contribution in [3.8, 4) is 0 Å². The predicted octanol–water partition coefficient (Wildman–Crippen LogP) is 1.71. The first-order valence-electron chi connectivity index (χ1n) is 3.96. The number of thioether (sulfide) groups is 1. The molecule has 0 saturated carbocycles. The largest absolute Gasteiger partial charge is 0.334 e. The minimum absolute atomic E-state index is 0.148. The van der Waals surface area contributed by atoms with E-state index < -0.39 is 0 Å². The number of hydrogen-bond donors (Lipinski definition) is 0. The van der Waals surface area contributed by atoms with E-state index in [4.69, 9.17) is 0 Å². The van der Waals surface area contributed by atoms with Gasteiger partial charge in [0.25, 0.3) is 0 Å². The molecular formula is C9H12N2OS. The molecule has 0 unspecified atom stereocenters. The van der Waals surface area contributed by atoms with Crippen molar-refractivity contribution in [1.29, 1.82) is 0 Å². The van der Waals surface area contributed by atoms with Gasteiger partial charge in [-0.1, -0.05) is 17.8 Å². The van der Waals surface area contributed by atoms with Gasteiger partial charge in [0.2, 0.25) is 0 Å². The monoisotopic (exact) mass is 196 g/mol. The number of imidazole rings is 1. The molecule has 3 nitrogen and oxygen atoms in total. The zero-order chi connectivity index (χ0) is 9.68. The molecule has 0 aliphatic rings. The molecule has 0 bridgehead atoms. The standard InChI is InChI=1S/C9H12N2OS/c1-8(12)13-5-3-4-9-6-10-7-11(9)2/h3-4,6-7H,5H2,1-2H3. The maximum Gasteiger partial charge on any atom is 0.186 e. The fraction of sp³-hybridized carbons (Fsp3) is 0.333. The van der Waals surface area contributed by atoms with Crippen LogP contribution in [0.5, 0.6) is 0 Å². The highest BCUT2D eigenvalue weighted by molar-refractivity contribution is 8.13. The zero-order valence-corrected chi connectivity index (χ0v) is 8.54. The first-order chi connectivity index (χ1) is 6.20. The fourth-order valence-corrected chi connectivity index (χ4v) is 1.29. The van der Waals surface area contributed by atoms with E-state index in [0.717, 1.165) is 11.4 Å². The highest BCUT2D eigenvalue weighted by Gasteiger charge is 1.92. The lowest BCUT2D eigenvalue weighted by atomic mass is 10.4. The van der Waals surface area contributed by atoms with E-state index in [0.29, 0.717) is 0 Å². The third-order valence-electron chi connectivity index (χ3n) is 1.53. The van der Waals surface area contributed by atoms with Crippen molar-refractivity contribution in [3.05, 3.63) is 24.3 Å². The summed E-state index contributed by atoms with van der Waals surface area (Å²) >= 11 is 1.30. The lowest BCUT2D eigenvalue weighted by molar-refractivity contribution is -0.109. The number of hydrogen-bond acceptors (Lipinski definition) is 3. The summed E-state index contributed by atoms with van der Waals surface area (Å²) in [6.07, 6.45) is 7.46. The molecule has 1 heterocycles. The molecule has 0 spiro atoms. The van der Waals surface area contributed by atoms with E-state index in [1.165, 1.54) is 11.8 Å². The highest BCUT2D eigenvalue weighted by atomic mass is 32.2. The molecule has 1 rings (SSSR count). The van der Waals surface area contributed by atoms with Gasteiger partial charge in [0, 0.05) is 19.7 Å². The molecule has 0 amide bonds. The highest BCUT2D eigenvalue weighted by Crippen LogP contribution is 2.04. The van der Waals surface area contributed by atoms with Gasteiger partial charge in [-0.05, 0) is 6.08 Å². The number of rotatable bonds is 3. The average molecular weight is 196 g/mol. The lowest BCUT2D eigenvalue weighted by Crippen LogP contribution is -1.87. The molecule has 13 heavy (non-hydrogen) atoms. The average Bonchev–Trinajstić information content (AvgIpc) is 2.45. The van der Waals surface area contributed by atoms with Crippen molar-refractivity contribution in [2.75, 3.05) is 5.75 Å². The van der Waals surface area contributed by atoms with Crippen LogP contribution in [0.4, 0.5) is 0 Å². The molecule has 0 radical (unpaired) electrons. The Kier molecular flexibility index (Phi) is 3.76. The summed E-state index contributed by atoms with van der Waals surface area (Å²) in [4.78, 5) is 14.6. The smallest absolute Gasteiger partial charge is 0.186 e. The van der Waals surface area contributed by atoms with E-state index in [1.807, 2.05) is 23.8 Å². The molecule has 0 saturated heterocycles. The Bertz CT molecular complexity index is 317. The Labute approximate surface area is 81.9 Å². The Morgan fingerprint density at radius 2 is 2.54 bits per heavy atom. The van der Waals surface area contributed by atoms with Gasteiger partial charge >= 0.3 is 0 Å². The van der Waals surface area contributed by atoms with Crippen molar-refractivity contribution in [1.82, 2.24) is 9.55 Å². The molecule has 0 aromatic carbocycles. The lowest BCUT2D eigenvalue weighted by Gasteiger charge is -1.93. The maximum atomic E-state index is 10.6. The van der Waals surface area contributed by atoms with Crippen LogP contribution in [0.2, 0.25) is 0 Å². The fourth-order valence-electron chi connectivity index (χ4n) is 0.862. The molecule has 0 fully saturated rings. The SMILES string of the molecule is CC(=O)SCC=Cc1cncn1C. The summed E-state index contributed by atoms with van der Waals surface area (Å²) in [7, 11) is 1.94. The minimum Gasteiger partial charge on any atom is -0.334 e. The normalized spacial score (nSPS) is 10.9. The Balaban J connectivity index is 2.41. The van der Waals surface area contributed by atoms with Gasteiger partial charge in [-0.25, -0.2) is 4.98 Å². The van der Waals surface area contributed by atoms with Crippen LogP contribution >= 0.6 is 11.8 Å². The molecule has 70 valence electrons. The number of carbonyl (C=O) groups excluding carboxylic acids is 1. The number of aromatic nitrogens is 2. The topological polar surface area (TPSA) is 34.9 Å². The van der Waals surface area contributed by atoms with E-state index in [2.05, 4.69) is 4.98 Å². The number of nitrogens with zero attached hydrogens (tertiary/aromatic N) is 2. The summed E-state index contributed by atoms with van der Waals surface area (Å²) < 4.78 is 1.93. The predicted molar refractivity (Wildman–Crippen MR) is 55.4 cm³/mol. The van der Waals surface area contributed by atoms with Crippen LogP contribution in [0, 0.1) is 0 Å². The van der Waals surface area contributed by atoms with E-state index >= 15 is 0 Å². The first-order valence-corrected chi connectivity index (χ1v) is 4.95. The van der Waals surface area contributed by atoms with E-state index in [9.17, 15) is 4.79 Å². The third kappa shape index (κ3) is 3.46. The van der Waals surface area contributed by atoms with Gasteiger partial charge in [0.05, 0.1) is 18.2 Å². The van der Waals surface area contributed by atoms with Gasteiger partial charge in [-0.2, -0.15) is 0 Å². The van der Waals surface area contributed by atoms with Crippen LogP contribution in [-0.4, -0.2) is 20.4 Å². The van der Waals surface area contributed by atoms with Crippen molar-refractivity contribution < 1.29 is 4.79 Å². The minimum atomic E-state index is 0.148. The summed E-state index contributed by atoms with van der Waals surface area (Å²) in [5.74, 6) is 0.723. The summed E-state index contributed by atoms with van der Waals surface area (Å²) in [5, 5.41) is 0.148. The maximum absolute atomic E-state index is 10.6. The van der Waals surface area contributed by atoms with Crippen LogP contribution in [-0.2, 0) is 11.8 Å². The van der Waals surface area contributed by atoms with Gasteiger partial charge in [0.15, 0.2) is 5.12 Å². The molecule has 0 atom stereocenters. The molecular weight excluding hydrogens is 184 g/mol. The molecule has 1 aromatic rings. The van der Waals surface area contributed by atoms with Gasteiger partial charge in [0.1, 0.15) is 0 Å². The van der Waals surface area contributed by atoms with Gasteiger partial charge < -0.3 is 4.57 Å². The molecule has 0 aliphatic carbocycles. The van der Waals surface area contributed by atoms with Crippen LogP contribution < -0.4 is 0 Å². The number of carbonyl (C=O) groups is 1. The van der Waals surface area contributed by atoms with Crippen LogP contribution in [0.15, 0.2) is 18.6 Å².